The maximum absolute atomic E-state index is 13.4. The van der Waals surface area contributed by atoms with Crippen LogP contribution in [0.3, 0.4) is 0 Å². The third-order valence-corrected chi connectivity index (χ3v) is 6.71. The van der Waals surface area contributed by atoms with E-state index in [-0.39, 0.29) is 0 Å². The van der Waals surface area contributed by atoms with Gasteiger partial charge < -0.3 is 9.64 Å². The number of hydrogen-bond acceptors (Lipinski definition) is 3. The van der Waals surface area contributed by atoms with Crippen LogP contribution in [-0.2, 0) is 17.5 Å². The summed E-state index contributed by atoms with van der Waals surface area (Å²) in [7, 11) is 0. The van der Waals surface area contributed by atoms with Crippen LogP contribution in [0.1, 0.15) is 36.8 Å². The van der Waals surface area contributed by atoms with Crippen LogP contribution in [0.2, 0.25) is 0 Å². The highest BCUT2D eigenvalue weighted by Crippen LogP contribution is 2.52. The number of ether oxygens (including phenoxy) is 1. The van der Waals surface area contributed by atoms with Crippen LogP contribution in [0.5, 0.6) is 0 Å². The lowest BCUT2D eigenvalue weighted by molar-refractivity contribution is -0.140. The summed E-state index contributed by atoms with van der Waals surface area (Å²) in [6, 6.07) is 3.33. The summed E-state index contributed by atoms with van der Waals surface area (Å²) in [4.78, 5) is 4.70. The first-order chi connectivity index (χ1) is 13.9. The molecule has 3 aliphatic rings. The first-order valence-electron chi connectivity index (χ1n) is 10.8. The molecule has 2 aliphatic heterocycles. The Bertz CT molecular complexity index is 678. The van der Waals surface area contributed by atoms with Crippen molar-refractivity contribution in [3.8, 4) is 0 Å². The average Bonchev–Trinajstić information content (AvgIpc) is 3.14. The van der Waals surface area contributed by atoms with Gasteiger partial charge in [0.1, 0.15) is 5.82 Å². The van der Waals surface area contributed by atoms with Crippen LogP contribution in [0.25, 0.3) is 0 Å². The van der Waals surface area contributed by atoms with Crippen molar-refractivity contribution in [2.24, 2.45) is 17.8 Å². The normalized spacial score (nSPS) is 27.9. The van der Waals surface area contributed by atoms with E-state index < -0.39 is 17.6 Å². The molecule has 29 heavy (non-hydrogen) atoms. The number of nitrogens with zero attached hydrogens (tertiary/aromatic N) is 2. The third-order valence-electron chi connectivity index (χ3n) is 6.71. The zero-order valence-corrected chi connectivity index (χ0v) is 16.8. The number of alkyl halides is 3. The third kappa shape index (κ3) is 5.30. The molecule has 3 nitrogen and oxygen atoms in total. The Balaban J connectivity index is 1.14. The predicted molar refractivity (Wildman–Crippen MR) is 103 cm³/mol. The highest BCUT2D eigenvalue weighted by Gasteiger charge is 2.55. The predicted octanol–water partition coefficient (Wildman–Crippen LogP) is 4.41. The van der Waals surface area contributed by atoms with E-state index in [1.165, 1.54) is 38.4 Å². The van der Waals surface area contributed by atoms with Crippen molar-refractivity contribution >= 4 is 0 Å². The maximum Gasteiger partial charge on any atom is 0.419 e. The number of halogens is 4. The summed E-state index contributed by atoms with van der Waals surface area (Å²) in [6.45, 7) is 7.42. The Hall–Kier alpha value is -1.18. The fraction of sp³-hybridized carbons (Fsp3) is 0.727. The molecule has 1 aliphatic carbocycles. The highest BCUT2D eigenvalue weighted by molar-refractivity contribution is 5.27. The molecular weight excluding hydrogens is 384 g/mol. The van der Waals surface area contributed by atoms with Gasteiger partial charge in [0.15, 0.2) is 0 Å². The van der Waals surface area contributed by atoms with Crippen LogP contribution < -0.4 is 0 Å². The summed E-state index contributed by atoms with van der Waals surface area (Å²) in [5.41, 5.74) is -0.652. The van der Waals surface area contributed by atoms with Gasteiger partial charge in [0, 0.05) is 32.8 Å². The summed E-state index contributed by atoms with van der Waals surface area (Å²) < 4.78 is 57.9. The first kappa shape index (κ1) is 21.1. The summed E-state index contributed by atoms with van der Waals surface area (Å²) in [5, 5.41) is 0. The summed E-state index contributed by atoms with van der Waals surface area (Å²) >= 11 is 0. The van der Waals surface area contributed by atoms with Crippen molar-refractivity contribution in [1.82, 2.24) is 9.80 Å². The van der Waals surface area contributed by atoms with E-state index in [0.717, 1.165) is 51.4 Å². The molecule has 0 unspecified atom stereocenters. The van der Waals surface area contributed by atoms with Gasteiger partial charge in [0.2, 0.25) is 0 Å². The molecule has 1 aromatic carbocycles. The van der Waals surface area contributed by atoms with E-state index >= 15 is 0 Å². The number of likely N-dealkylation sites (tertiary alicyclic amines) is 2. The van der Waals surface area contributed by atoms with Gasteiger partial charge in [-0.3, -0.25) is 4.90 Å². The Kier molecular flexibility index (Phi) is 6.47. The standard InChI is InChI=1S/C22H30F4N2O/c23-21-6-5-16(11-20(21)22(24,25)26)12-28-13-17-18(14-28)19(17)15-29-10-4-9-27-7-2-1-3-8-27/h5-6,11,17-19H,1-4,7-10,12-15H2/t17-,18+,19-. The Morgan fingerprint density at radius 1 is 1.00 bits per heavy atom. The lowest BCUT2D eigenvalue weighted by Gasteiger charge is -2.26. The fourth-order valence-corrected chi connectivity index (χ4v) is 5.05. The Morgan fingerprint density at radius 3 is 2.41 bits per heavy atom. The number of benzene rings is 1. The minimum absolute atomic E-state index is 0.444. The molecule has 0 amide bonds. The maximum atomic E-state index is 13.4. The largest absolute Gasteiger partial charge is 0.419 e. The molecule has 3 fully saturated rings. The quantitative estimate of drug-likeness (QED) is 0.463. The van der Waals surface area contributed by atoms with E-state index in [9.17, 15) is 17.6 Å². The van der Waals surface area contributed by atoms with Gasteiger partial charge >= 0.3 is 6.18 Å². The molecule has 0 bridgehead atoms. The first-order valence-corrected chi connectivity index (χ1v) is 10.8. The van der Waals surface area contributed by atoms with E-state index in [2.05, 4.69) is 9.80 Å². The van der Waals surface area contributed by atoms with Crippen molar-refractivity contribution < 1.29 is 22.3 Å². The second-order valence-electron chi connectivity index (χ2n) is 8.83. The molecule has 0 aromatic heterocycles. The molecule has 3 atom stereocenters. The van der Waals surface area contributed by atoms with Crippen LogP contribution in [-0.4, -0.2) is 55.7 Å². The molecule has 2 saturated heterocycles. The van der Waals surface area contributed by atoms with Crippen LogP contribution in [0.15, 0.2) is 18.2 Å². The highest BCUT2D eigenvalue weighted by atomic mass is 19.4. The van der Waals surface area contributed by atoms with Gasteiger partial charge in [-0.15, -0.1) is 0 Å². The van der Waals surface area contributed by atoms with Crippen molar-refractivity contribution in [1.29, 1.82) is 0 Å². The monoisotopic (exact) mass is 414 g/mol. The van der Waals surface area contributed by atoms with Crippen molar-refractivity contribution in [2.75, 3.05) is 45.9 Å². The molecule has 1 aromatic rings. The number of piperidine rings is 2. The Morgan fingerprint density at radius 2 is 1.72 bits per heavy atom. The smallest absolute Gasteiger partial charge is 0.381 e. The summed E-state index contributed by atoms with van der Waals surface area (Å²) in [5.74, 6) is 0.586. The van der Waals surface area contributed by atoms with Gasteiger partial charge in [-0.25, -0.2) is 4.39 Å². The van der Waals surface area contributed by atoms with Crippen molar-refractivity contribution in [2.45, 2.75) is 38.4 Å². The fourth-order valence-electron chi connectivity index (χ4n) is 5.05. The molecule has 1 saturated carbocycles. The lowest BCUT2D eigenvalue weighted by atomic mass is 10.1. The molecule has 4 rings (SSSR count). The Labute approximate surface area is 170 Å². The van der Waals surface area contributed by atoms with Gasteiger partial charge in [0.05, 0.1) is 12.2 Å². The van der Waals surface area contributed by atoms with Gasteiger partial charge in [-0.1, -0.05) is 12.5 Å². The minimum atomic E-state index is -4.65. The second-order valence-corrected chi connectivity index (χ2v) is 8.83. The van der Waals surface area contributed by atoms with E-state index in [1.807, 2.05) is 0 Å². The van der Waals surface area contributed by atoms with Crippen molar-refractivity contribution in [3.63, 3.8) is 0 Å². The minimum Gasteiger partial charge on any atom is -0.381 e. The van der Waals surface area contributed by atoms with Crippen LogP contribution >= 0.6 is 0 Å². The van der Waals surface area contributed by atoms with Gasteiger partial charge in [-0.2, -0.15) is 13.2 Å². The number of fused-ring (bicyclic) bond motifs is 1. The molecule has 0 N–H and O–H groups in total. The van der Waals surface area contributed by atoms with E-state index in [4.69, 9.17) is 4.74 Å². The number of rotatable bonds is 8. The van der Waals surface area contributed by atoms with Gasteiger partial charge in [-0.05, 0) is 67.8 Å². The van der Waals surface area contributed by atoms with Crippen LogP contribution in [0.4, 0.5) is 17.6 Å². The van der Waals surface area contributed by atoms with E-state index in [0.29, 0.717) is 29.9 Å². The second kappa shape index (κ2) is 8.90. The molecule has 162 valence electrons. The van der Waals surface area contributed by atoms with Gasteiger partial charge in [0.25, 0.3) is 0 Å². The number of hydrogen-bond donors (Lipinski definition) is 0. The lowest BCUT2D eigenvalue weighted by Crippen LogP contribution is -2.31. The molecule has 2 heterocycles. The molecule has 7 heteroatoms. The topological polar surface area (TPSA) is 15.7 Å². The van der Waals surface area contributed by atoms with E-state index in [1.54, 1.807) is 0 Å². The molecule has 0 spiro atoms. The molecular formula is C22H30F4N2O. The van der Waals surface area contributed by atoms with Crippen molar-refractivity contribution in [3.05, 3.63) is 35.1 Å². The summed E-state index contributed by atoms with van der Waals surface area (Å²) in [6.07, 6.45) is 0.430. The average molecular weight is 414 g/mol. The van der Waals surface area contributed by atoms with Crippen LogP contribution in [0, 0.1) is 23.6 Å². The zero-order chi connectivity index (χ0) is 20.4. The molecule has 0 radical (unpaired) electrons. The SMILES string of the molecule is Fc1ccc(CN2C[C@@H]3[C@H](COCCCN4CCCCC4)[C@@H]3C2)cc1C(F)(F)F. The zero-order valence-electron chi connectivity index (χ0n) is 16.8.